The van der Waals surface area contributed by atoms with Crippen molar-refractivity contribution in [3.05, 3.63) is 62.1 Å². The number of non-ortho nitro benzene ring substituents is 1. The summed E-state index contributed by atoms with van der Waals surface area (Å²) in [5, 5.41) is 23.8. The largest absolute Gasteiger partial charge is 0.506 e. The maximum atomic E-state index is 10.8. The van der Waals surface area contributed by atoms with Gasteiger partial charge in [-0.15, -0.1) is 6.42 Å². The molecule has 0 spiro atoms. The number of rotatable bonds is 4. The SMILES string of the molecule is C#Cc1cccc(NCc2cc([N+](=O)[O-])cc(Br)c2O)c1. The summed E-state index contributed by atoms with van der Waals surface area (Å²) in [7, 11) is 0. The van der Waals surface area contributed by atoms with Gasteiger partial charge in [-0.1, -0.05) is 12.0 Å². The fraction of sp³-hybridized carbons (Fsp3) is 0.0667. The summed E-state index contributed by atoms with van der Waals surface area (Å²) < 4.78 is 0.283. The van der Waals surface area contributed by atoms with E-state index >= 15 is 0 Å². The minimum atomic E-state index is -0.507. The number of nitro groups is 1. The Balaban J connectivity index is 2.23. The lowest BCUT2D eigenvalue weighted by Gasteiger charge is -2.09. The summed E-state index contributed by atoms with van der Waals surface area (Å²) in [4.78, 5) is 10.3. The molecule has 0 aliphatic carbocycles. The fourth-order valence-electron chi connectivity index (χ4n) is 1.80. The number of aromatic hydroxyl groups is 1. The van der Waals surface area contributed by atoms with Crippen LogP contribution in [0.4, 0.5) is 11.4 Å². The van der Waals surface area contributed by atoms with Gasteiger partial charge in [0.1, 0.15) is 5.75 Å². The number of halogens is 1. The van der Waals surface area contributed by atoms with Crippen molar-refractivity contribution in [3.8, 4) is 18.1 Å². The number of terminal acetylenes is 1. The lowest BCUT2D eigenvalue weighted by Crippen LogP contribution is -2.01. The van der Waals surface area contributed by atoms with Gasteiger partial charge in [0.15, 0.2) is 0 Å². The van der Waals surface area contributed by atoms with E-state index in [-0.39, 0.29) is 22.5 Å². The molecule has 0 unspecified atom stereocenters. The number of nitro benzene ring substituents is 1. The normalized spacial score (nSPS) is 9.90. The number of nitrogens with zero attached hydrogens (tertiary/aromatic N) is 1. The molecular formula is C15H11BrN2O3. The number of benzene rings is 2. The monoisotopic (exact) mass is 346 g/mol. The van der Waals surface area contributed by atoms with Crippen LogP contribution in [0.1, 0.15) is 11.1 Å². The van der Waals surface area contributed by atoms with Crippen LogP contribution in [-0.4, -0.2) is 10.0 Å². The first-order valence-corrected chi connectivity index (χ1v) is 6.77. The van der Waals surface area contributed by atoms with Crippen molar-refractivity contribution in [3.63, 3.8) is 0 Å². The van der Waals surface area contributed by atoms with E-state index in [0.717, 1.165) is 11.3 Å². The summed E-state index contributed by atoms with van der Waals surface area (Å²) in [6.07, 6.45) is 5.32. The quantitative estimate of drug-likeness (QED) is 0.503. The van der Waals surface area contributed by atoms with Crippen LogP contribution in [0.5, 0.6) is 5.75 Å². The lowest BCUT2D eigenvalue weighted by molar-refractivity contribution is -0.385. The van der Waals surface area contributed by atoms with Crippen molar-refractivity contribution in [1.29, 1.82) is 0 Å². The highest BCUT2D eigenvalue weighted by molar-refractivity contribution is 9.10. The van der Waals surface area contributed by atoms with Crippen molar-refractivity contribution in [1.82, 2.24) is 0 Å². The molecule has 6 heteroatoms. The second kappa shape index (κ2) is 6.29. The zero-order valence-corrected chi connectivity index (χ0v) is 12.4. The first-order chi connectivity index (χ1) is 10.0. The van der Waals surface area contributed by atoms with Crippen LogP contribution >= 0.6 is 15.9 Å². The summed E-state index contributed by atoms with van der Waals surface area (Å²) >= 11 is 3.11. The Morgan fingerprint density at radius 3 is 2.81 bits per heavy atom. The van der Waals surface area contributed by atoms with Crippen molar-refractivity contribution in [2.75, 3.05) is 5.32 Å². The van der Waals surface area contributed by atoms with Crippen LogP contribution in [0.25, 0.3) is 0 Å². The predicted molar refractivity (Wildman–Crippen MR) is 84.2 cm³/mol. The van der Waals surface area contributed by atoms with E-state index in [1.165, 1.54) is 12.1 Å². The topological polar surface area (TPSA) is 75.4 Å². The number of hydrogen-bond donors (Lipinski definition) is 2. The molecule has 0 aliphatic heterocycles. The third-order valence-electron chi connectivity index (χ3n) is 2.85. The van der Waals surface area contributed by atoms with E-state index in [4.69, 9.17) is 6.42 Å². The molecule has 0 radical (unpaired) electrons. The second-order valence-electron chi connectivity index (χ2n) is 4.27. The molecule has 2 N–H and O–H groups in total. The highest BCUT2D eigenvalue weighted by atomic mass is 79.9. The molecular weight excluding hydrogens is 336 g/mol. The smallest absolute Gasteiger partial charge is 0.271 e. The molecule has 0 saturated heterocycles. The van der Waals surface area contributed by atoms with Crippen LogP contribution in [0.15, 0.2) is 40.9 Å². The third kappa shape index (κ3) is 3.52. The number of phenols is 1. The lowest BCUT2D eigenvalue weighted by atomic mass is 10.1. The summed E-state index contributed by atoms with van der Waals surface area (Å²) in [5.74, 6) is 2.50. The Kier molecular flexibility index (Phi) is 4.45. The van der Waals surface area contributed by atoms with Gasteiger partial charge < -0.3 is 10.4 Å². The first kappa shape index (κ1) is 14.9. The number of nitrogens with one attached hydrogen (secondary N) is 1. The van der Waals surface area contributed by atoms with E-state index in [2.05, 4.69) is 27.2 Å². The Hall–Kier alpha value is -2.52. The average molecular weight is 347 g/mol. The van der Waals surface area contributed by atoms with Gasteiger partial charge in [-0.25, -0.2) is 0 Å². The predicted octanol–water partition coefficient (Wildman–Crippen LogP) is 3.66. The van der Waals surface area contributed by atoms with E-state index in [9.17, 15) is 15.2 Å². The zero-order chi connectivity index (χ0) is 15.4. The van der Waals surface area contributed by atoms with Gasteiger partial charge in [0.2, 0.25) is 0 Å². The molecule has 0 saturated carbocycles. The molecule has 21 heavy (non-hydrogen) atoms. The molecule has 5 nitrogen and oxygen atoms in total. The molecule has 0 aromatic heterocycles. The standard InChI is InChI=1S/C15H11BrN2O3/c1-2-10-4-3-5-12(6-10)17-9-11-7-13(18(20)21)8-14(16)15(11)19/h1,3-8,17,19H,9H2. The van der Waals surface area contributed by atoms with Gasteiger partial charge >= 0.3 is 0 Å². The molecule has 2 rings (SSSR count). The fourth-order valence-corrected chi connectivity index (χ4v) is 2.29. The molecule has 2 aromatic rings. The third-order valence-corrected chi connectivity index (χ3v) is 3.45. The molecule has 2 aromatic carbocycles. The second-order valence-corrected chi connectivity index (χ2v) is 5.13. The molecule has 0 fully saturated rings. The summed E-state index contributed by atoms with van der Waals surface area (Å²) in [6, 6.07) is 9.80. The van der Waals surface area contributed by atoms with Crippen LogP contribution < -0.4 is 5.32 Å². The Bertz CT molecular complexity index is 738. The number of anilines is 1. The first-order valence-electron chi connectivity index (χ1n) is 5.97. The van der Waals surface area contributed by atoms with Gasteiger partial charge in [-0.3, -0.25) is 10.1 Å². The van der Waals surface area contributed by atoms with E-state index in [1.54, 1.807) is 18.2 Å². The van der Waals surface area contributed by atoms with Crippen LogP contribution in [-0.2, 0) is 6.54 Å². The van der Waals surface area contributed by atoms with Crippen molar-refractivity contribution < 1.29 is 10.0 Å². The molecule has 0 amide bonds. The van der Waals surface area contributed by atoms with E-state index < -0.39 is 4.92 Å². The molecule has 0 heterocycles. The summed E-state index contributed by atoms with van der Waals surface area (Å²) in [6.45, 7) is 0.236. The molecule has 106 valence electrons. The highest BCUT2D eigenvalue weighted by Gasteiger charge is 2.14. The highest BCUT2D eigenvalue weighted by Crippen LogP contribution is 2.33. The Labute approximate surface area is 129 Å². The van der Waals surface area contributed by atoms with Crippen LogP contribution in [0.3, 0.4) is 0 Å². The van der Waals surface area contributed by atoms with Gasteiger partial charge in [-0.05, 0) is 34.1 Å². The van der Waals surface area contributed by atoms with Crippen molar-refractivity contribution in [2.45, 2.75) is 6.54 Å². The van der Waals surface area contributed by atoms with Gasteiger partial charge in [-0.2, -0.15) is 0 Å². The van der Waals surface area contributed by atoms with Crippen molar-refractivity contribution in [2.24, 2.45) is 0 Å². The molecule has 0 aliphatic rings. The number of phenolic OH excluding ortho intramolecular Hbond substituents is 1. The number of hydrogen-bond acceptors (Lipinski definition) is 4. The maximum Gasteiger partial charge on any atom is 0.271 e. The van der Waals surface area contributed by atoms with Gasteiger partial charge in [0.25, 0.3) is 5.69 Å². The van der Waals surface area contributed by atoms with E-state index in [0.29, 0.717) is 5.56 Å². The summed E-state index contributed by atoms with van der Waals surface area (Å²) in [5.41, 5.74) is 1.83. The minimum absolute atomic E-state index is 0.0267. The van der Waals surface area contributed by atoms with E-state index in [1.807, 2.05) is 6.07 Å². The molecule has 0 atom stereocenters. The zero-order valence-electron chi connectivity index (χ0n) is 10.8. The minimum Gasteiger partial charge on any atom is -0.506 e. The average Bonchev–Trinajstić information content (AvgIpc) is 2.48. The van der Waals surface area contributed by atoms with Gasteiger partial charge in [0, 0.05) is 35.5 Å². The van der Waals surface area contributed by atoms with Gasteiger partial charge in [0.05, 0.1) is 9.40 Å². The van der Waals surface area contributed by atoms with Crippen LogP contribution in [0.2, 0.25) is 0 Å². The Morgan fingerprint density at radius 2 is 2.14 bits per heavy atom. The molecule has 0 bridgehead atoms. The Morgan fingerprint density at radius 1 is 1.38 bits per heavy atom. The maximum absolute atomic E-state index is 10.8. The van der Waals surface area contributed by atoms with Crippen LogP contribution in [0, 0.1) is 22.5 Å². The van der Waals surface area contributed by atoms with Crippen molar-refractivity contribution >= 4 is 27.3 Å².